The fourth-order valence-electron chi connectivity index (χ4n) is 0.952. The normalized spacial score (nSPS) is 9.50. The van der Waals surface area contributed by atoms with Crippen LogP contribution in [0.15, 0.2) is 18.2 Å². The van der Waals surface area contributed by atoms with Crippen LogP contribution >= 0.6 is 11.6 Å². The van der Waals surface area contributed by atoms with Gasteiger partial charge in [-0.2, -0.15) is 0 Å². The Hall–Kier alpha value is -1.15. The smallest absolute Gasteiger partial charge is 0.160 e. The first-order chi connectivity index (χ1) is 5.65. The third-order valence-corrected chi connectivity index (χ3v) is 1.75. The Balaban J connectivity index is 3.29. The Bertz CT molecular complexity index is 331. The highest BCUT2D eigenvalue weighted by molar-refractivity contribution is 6.31. The first-order valence-corrected chi connectivity index (χ1v) is 3.78. The van der Waals surface area contributed by atoms with Gasteiger partial charge in [0, 0.05) is 16.1 Å². The highest BCUT2D eigenvalue weighted by atomic mass is 35.5. The Labute approximate surface area is 75.2 Å². The Kier molecular flexibility index (Phi) is 2.61. The molecule has 62 valence electrons. The molecule has 0 spiro atoms. The van der Waals surface area contributed by atoms with Gasteiger partial charge in [0.2, 0.25) is 0 Å². The molecule has 0 bridgehead atoms. The molecule has 0 fully saturated rings. The largest absolute Gasteiger partial charge is 0.298 e. The van der Waals surface area contributed by atoms with E-state index in [4.69, 9.17) is 11.6 Å². The van der Waals surface area contributed by atoms with Gasteiger partial charge in [-0.3, -0.25) is 9.59 Å². The molecule has 12 heavy (non-hydrogen) atoms. The molecule has 0 heterocycles. The molecule has 0 unspecified atom stereocenters. The number of hydrogen-bond acceptors (Lipinski definition) is 2. The van der Waals surface area contributed by atoms with Crippen molar-refractivity contribution in [3.63, 3.8) is 0 Å². The number of carbonyl (C=O) groups is 2. The van der Waals surface area contributed by atoms with E-state index in [1.807, 2.05) is 0 Å². The molecule has 0 aliphatic rings. The molecule has 1 aromatic carbocycles. The van der Waals surface area contributed by atoms with E-state index in [2.05, 4.69) is 0 Å². The number of hydrogen-bond donors (Lipinski definition) is 0. The van der Waals surface area contributed by atoms with Crippen molar-refractivity contribution in [1.29, 1.82) is 0 Å². The van der Waals surface area contributed by atoms with Gasteiger partial charge in [-0.15, -0.1) is 0 Å². The number of carbonyl (C=O) groups excluding carboxylic acids is 2. The Morgan fingerprint density at radius 1 is 1.50 bits per heavy atom. The summed E-state index contributed by atoms with van der Waals surface area (Å²) in [5.74, 6) is -0.131. The van der Waals surface area contributed by atoms with Crippen LogP contribution < -0.4 is 0 Å². The minimum atomic E-state index is -0.131. The topological polar surface area (TPSA) is 34.1 Å². The Morgan fingerprint density at radius 2 is 2.17 bits per heavy atom. The van der Waals surface area contributed by atoms with Gasteiger partial charge >= 0.3 is 0 Å². The number of Topliss-reactive ketones (excluding diaryl/α,β-unsaturated/α-hetero) is 1. The van der Waals surface area contributed by atoms with E-state index in [9.17, 15) is 9.59 Å². The van der Waals surface area contributed by atoms with Crippen molar-refractivity contribution in [2.45, 2.75) is 6.92 Å². The molecule has 0 atom stereocenters. The van der Waals surface area contributed by atoms with Crippen molar-refractivity contribution >= 4 is 23.7 Å². The summed E-state index contributed by atoms with van der Waals surface area (Å²) in [5.41, 5.74) is 0.754. The summed E-state index contributed by atoms with van der Waals surface area (Å²) in [6, 6.07) is 4.62. The van der Waals surface area contributed by atoms with E-state index < -0.39 is 0 Å². The van der Waals surface area contributed by atoms with E-state index >= 15 is 0 Å². The maximum absolute atomic E-state index is 10.9. The maximum Gasteiger partial charge on any atom is 0.160 e. The summed E-state index contributed by atoms with van der Waals surface area (Å²) < 4.78 is 0. The summed E-state index contributed by atoms with van der Waals surface area (Å²) >= 11 is 5.63. The highest BCUT2D eigenvalue weighted by Crippen LogP contribution is 2.14. The van der Waals surface area contributed by atoms with Crippen LogP contribution in [0.1, 0.15) is 27.6 Å². The van der Waals surface area contributed by atoms with Crippen LogP contribution in [0, 0.1) is 0 Å². The molecular weight excluding hydrogens is 176 g/mol. The first-order valence-electron chi connectivity index (χ1n) is 3.41. The van der Waals surface area contributed by atoms with Crippen LogP contribution in [0.5, 0.6) is 0 Å². The van der Waals surface area contributed by atoms with Crippen LogP contribution in [0.25, 0.3) is 0 Å². The quantitative estimate of drug-likeness (QED) is 0.520. The van der Waals surface area contributed by atoms with Crippen LogP contribution in [-0.4, -0.2) is 12.1 Å². The van der Waals surface area contributed by atoms with Gasteiger partial charge < -0.3 is 0 Å². The molecule has 3 heteroatoms. The standard InChI is InChI=1S/C9H7ClO2/c1-6(12)9-3-2-8(10)4-7(9)5-11/h2-5H,1H3. The van der Waals surface area contributed by atoms with Crippen LogP contribution in [0.3, 0.4) is 0 Å². The number of halogens is 1. The molecule has 1 aromatic rings. The minimum absolute atomic E-state index is 0.131. The summed E-state index contributed by atoms with van der Waals surface area (Å²) in [4.78, 5) is 21.4. The van der Waals surface area contributed by atoms with Crippen LogP contribution in [0.2, 0.25) is 5.02 Å². The summed E-state index contributed by atoms with van der Waals surface area (Å²) in [6.45, 7) is 1.41. The van der Waals surface area contributed by atoms with Gasteiger partial charge in [0.15, 0.2) is 12.1 Å². The molecule has 2 nitrogen and oxygen atoms in total. The van der Waals surface area contributed by atoms with Crippen LogP contribution in [-0.2, 0) is 0 Å². The van der Waals surface area contributed by atoms with Crippen molar-refractivity contribution in [3.8, 4) is 0 Å². The molecule has 0 aromatic heterocycles. The summed E-state index contributed by atoms with van der Waals surface area (Å²) in [6.07, 6.45) is 0.628. The van der Waals surface area contributed by atoms with Crippen molar-refractivity contribution in [2.24, 2.45) is 0 Å². The summed E-state index contributed by atoms with van der Waals surface area (Å²) in [5, 5.41) is 0.460. The second-order valence-corrected chi connectivity index (χ2v) is 2.84. The lowest BCUT2D eigenvalue weighted by Gasteiger charge is -1.99. The second-order valence-electron chi connectivity index (χ2n) is 2.41. The highest BCUT2D eigenvalue weighted by Gasteiger charge is 2.05. The molecule has 0 radical (unpaired) electrons. The predicted octanol–water partition coefficient (Wildman–Crippen LogP) is 2.36. The van der Waals surface area contributed by atoms with Gasteiger partial charge in [-0.25, -0.2) is 0 Å². The van der Waals surface area contributed by atoms with E-state index in [1.54, 1.807) is 12.1 Å². The number of rotatable bonds is 2. The molecule has 0 saturated carbocycles. The molecule has 0 saturated heterocycles. The van der Waals surface area contributed by atoms with E-state index in [0.29, 0.717) is 22.4 Å². The van der Waals surface area contributed by atoms with Gasteiger partial charge in [0.1, 0.15) is 0 Å². The van der Waals surface area contributed by atoms with Gasteiger partial charge in [-0.05, 0) is 25.1 Å². The molecule has 0 aliphatic carbocycles. The zero-order valence-corrected chi connectivity index (χ0v) is 7.26. The second kappa shape index (κ2) is 3.50. The summed E-state index contributed by atoms with van der Waals surface area (Å²) in [7, 11) is 0. The zero-order valence-electron chi connectivity index (χ0n) is 6.50. The lowest BCUT2D eigenvalue weighted by Crippen LogP contribution is -1.97. The van der Waals surface area contributed by atoms with E-state index in [0.717, 1.165) is 0 Å². The fraction of sp³-hybridized carbons (Fsp3) is 0.111. The molecule has 1 rings (SSSR count). The molecule has 0 N–H and O–H groups in total. The molecule has 0 aliphatic heterocycles. The van der Waals surface area contributed by atoms with Crippen molar-refractivity contribution in [1.82, 2.24) is 0 Å². The lowest BCUT2D eigenvalue weighted by molar-refractivity contribution is 0.101. The van der Waals surface area contributed by atoms with Gasteiger partial charge in [0.05, 0.1) is 0 Å². The zero-order chi connectivity index (χ0) is 9.14. The van der Waals surface area contributed by atoms with Crippen LogP contribution in [0.4, 0.5) is 0 Å². The number of ketones is 1. The molecular formula is C9H7ClO2. The van der Waals surface area contributed by atoms with Crippen molar-refractivity contribution < 1.29 is 9.59 Å². The van der Waals surface area contributed by atoms with Gasteiger partial charge in [0.25, 0.3) is 0 Å². The minimum Gasteiger partial charge on any atom is -0.298 e. The Morgan fingerprint density at radius 3 is 2.67 bits per heavy atom. The lowest BCUT2D eigenvalue weighted by atomic mass is 10.1. The van der Waals surface area contributed by atoms with Crippen molar-refractivity contribution in [3.05, 3.63) is 34.3 Å². The monoisotopic (exact) mass is 182 g/mol. The van der Waals surface area contributed by atoms with E-state index in [-0.39, 0.29) is 5.78 Å². The number of aldehydes is 1. The van der Waals surface area contributed by atoms with E-state index in [1.165, 1.54) is 13.0 Å². The SMILES string of the molecule is CC(=O)c1ccc(Cl)cc1C=O. The fourth-order valence-corrected chi connectivity index (χ4v) is 1.13. The molecule has 0 amide bonds. The maximum atomic E-state index is 10.9. The first kappa shape index (κ1) is 8.94. The van der Waals surface area contributed by atoms with Gasteiger partial charge in [-0.1, -0.05) is 11.6 Å². The third kappa shape index (κ3) is 1.71. The average Bonchev–Trinajstić information content (AvgIpc) is 2.03. The van der Waals surface area contributed by atoms with Crippen molar-refractivity contribution in [2.75, 3.05) is 0 Å². The predicted molar refractivity (Wildman–Crippen MR) is 46.8 cm³/mol. The third-order valence-electron chi connectivity index (χ3n) is 1.52. The number of benzene rings is 1. The average molecular weight is 183 g/mol.